The average molecular weight is 378 g/mol. The van der Waals surface area contributed by atoms with E-state index in [1.165, 1.54) is 12.5 Å². The average Bonchev–Trinajstić information content (AvgIpc) is 2.68. The van der Waals surface area contributed by atoms with E-state index in [9.17, 15) is 4.39 Å². The van der Waals surface area contributed by atoms with Gasteiger partial charge in [0.2, 0.25) is 0 Å². The lowest BCUT2D eigenvalue weighted by atomic mass is 9.94. The first-order valence-corrected chi connectivity index (χ1v) is 9.91. The van der Waals surface area contributed by atoms with E-state index in [4.69, 9.17) is 5.73 Å². The largest absolute Gasteiger partial charge is 0.384 e. The maximum absolute atomic E-state index is 14.7. The van der Waals surface area contributed by atoms with Crippen LogP contribution in [0.15, 0.2) is 42.6 Å². The van der Waals surface area contributed by atoms with Gasteiger partial charge in [-0.2, -0.15) is 0 Å². The third kappa shape index (κ3) is 3.54. The van der Waals surface area contributed by atoms with Crippen LogP contribution in [0.2, 0.25) is 0 Å². The van der Waals surface area contributed by atoms with Crippen LogP contribution in [0.1, 0.15) is 18.4 Å². The molecule has 2 aromatic carbocycles. The molecule has 3 N–H and O–H groups in total. The van der Waals surface area contributed by atoms with Crippen molar-refractivity contribution >= 4 is 22.3 Å². The van der Waals surface area contributed by atoms with Crippen LogP contribution < -0.4 is 16.0 Å². The summed E-state index contributed by atoms with van der Waals surface area (Å²) >= 11 is 0. The molecule has 1 aromatic heterocycles. The number of pyridine rings is 1. The number of hydrogen-bond acceptors (Lipinski definition) is 4. The van der Waals surface area contributed by atoms with Crippen LogP contribution in [0, 0.1) is 18.7 Å². The summed E-state index contributed by atoms with van der Waals surface area (Å²) in [6.45, 7) is 4.94. The Kier molecular flexibility index (Phi) is 5.18. The highest BCUT2D eigenvalue weighted by Crippen LogP contribution is 2.37. The van der Waals surface area contributed by atoms with Crippen molar-refractivity contribution in [1.29, 1.82) is 0 Å². The number of hydrogen-bond donors (Lipinski definition) is 2. The Labute approximate surface area is 165 Å². The third-order valence-corrected chi connectivity index (χ3v) is 5.70. The maximum Gasteiger partial charge on any atom is 0.131 e. The van der Waals surface area contributed by atoms with E-state index < -0.39 is 0 Å². The van der Waals surface area contributed by atoms with Crippen molar-refractivity contribution in [3.63, 3.8) is 0 Å². The van der Waals surface area contributed by atoms with Gasteiger partial charge in [-0.05, 0) is 74.7 Å². The predicted octanol–water partition coefficient (Wildman–Crippen LogP) is 4.37. The molecular weight excluding hydrogens is 351 g/mol. The number of aryl methyl sites for hydroxylation is 1. The monoisotopic (exact) mass is 378 g/mol. The van der Waals surface area contributed by atoms with E-state index in [1.807, 2.05) is 32.2 Å². The van der Waals surface area contributed by atoms with Crippen molar-refractivity contribution < 1.29 is 4.39 Å². The molecule has 0 amide bonds. The normalized spacial score (nSPS) is 17.2. The van der Waals surface area contributed by atoms with Gasteiger partial charge in [-0.1, -0.05) is 12.1 Å². The fourth-order valence-electron chi connectivity index (χ4n) is 4.40. The zero-order chi connectivity index (χ0) is 19.7. The van der Waals surface area contributed by atoms with Gasteiger partial charge in [0, 0.05) is 41.3 Å². The summed E-state index contributed by atoms with van der Waals surface area (Å²) < 4.78 is 14.7. The number of fused-ring (bicyclic) bond motifs is 1. The second kappa shape index (κ2) is 7.76. The van der Waals surface area contributed by atoms with Gasteiger partial charge < -0.3 is 16.0 Å². The maximum atomic E-state index is 14.7. The van der Waals surface area contributed by atoms with Gasteiger partial charge in [0.05, 0.1) is 0 Å². The summed E-state index contributed by atoms with van der Waals surface area (Å²) in [6.07, 6.45) is 4.17. The van der Waals surface area contributed by atoms with Crippen LogP contribution in [0.25, 0.3) is 21.9 Å². The fourth-order valence-corrected chi connectivity index (χ4v) is 4.40. The minimum absolute atomic E-state index is 0.194. The molecule has 1 aliphatic heterocycles. The highest BCUT2D eigenvalue weighted by molar-refractivity contribution is 5.99. The summed E-state index contributed by atoms with van der Waals surface area (Å²) in [7, 11) is 2.00. The first-order chi connectivity index (χ1) is 13.6. The second-order valence-electron chi connectivity index (χ2n) is 7.77. The van der Waals surface area contributed by atoms with E-state index in [2.05, 4.69) is 21.3 Å². The predicted molar refractivity (Wildman–Crippen MR) is 115 cm³/mol. The Morgan fingerprint density at radius 3 is 2.93 bits per heavy atom. The van der Waals surface area contributed by atoms with Gasteiger partial charge in [0.1, 0.15) is 11.6 Å². The summed E-state index contributed by atoms with van der Waals surface area (Å²) in [4.78, 5) is 6.70. The number of piperidine rings is 1. The number of aromatic nitrogens is 1. The number of nitrogen functional groups attached to an aromatic ring is 1. The van der Waals surface area contributed by atoms with Crippen LogP contribution >= 0.6 is 0 Å². The molecule has 0 spiro atoms. The van der Waals surface area contributed by atoms with Crippen LogP contribution in [-0.2, 0) is 0 Å². The summed E-state index contributed by atoms with van der Waals surface area (Å²) in [6, 6.07) is 11.3. The Morgan fingerprint density at radius 2 is 2.14 bits per heavy atom. The Morgan fingerprint density at radius 1 is 1.29 bits per heavy atom. The van der Waals surface area contributed by atoms with E-state index in [1.54, 1.807) is 12.3 Å². The SMILES string of the molecule is CNCC1CCCN(c2cc(-c3c(C)cccc3F)cc3cnc(N)cc23)C1. The van der Waals surface area contributed by atoms with Crippen LogP contribution in [0.4, 0.5) is 15.9 Å². The van der Waals surface area contributed by atoms with E-state index >= 15 is 0 Å². The van der Waals surface area contributed by atoms with Crippen LogP contribution in [0.3, 0.4) is 0 Å². The van der Waals surface area contributed by atoms with Gasteiger partial charge in [-0.15, -0.1) is 0 Å². The van der Waals surface area contributed by atoms with Crippen molar-refractivity contribution in [1.82, 2.24) is 10.3 Å². The van der Waals surface area contributed by atoms with Gasteiger partial charge in [0.15, 0.2) is 0 Å². The molecule has 0 radical (unpaired) electrons. The number of nitrogens with two attached hydrogens (primary N) is 1. The van der Waals surface area contributed by atoms with E-state index in [0.29, 0.717) is 17.3 Å². The summed E-state index contributed by atoms with van der Waals surface area (Å²) in [5.74, 6) is 0.916. The lowest BCUT2D eigenvalue weighted by molar-refractivity contribution is 0.403. The number of halogens is 1. The second-order valence-corrected chi connectivity index (χ2v) is 7.77. The molecule has 28 heavy (non-hydrogen) atoms. The molecule has 1 atom stereocenters. The highest BCUT2D eigenvalue weighted by Gasteiger charge is 2.22. The van der Waals surface area contributed by atoms with Crippen molar-refractivity contribution in [2.24, 2.45) is 5.92 Å². The summed E-state index contributed by atoms with van der Waals surface area (Å²) in [5.41, 5.74) is 9.59. The first-order valence-electron chi connectivity index (χ1n) is 9.91. The lowest BCUT2D eigenvalue weighted by Crippen LogP contribution is -2.39. The first kappa shape index (κ1) is 18.7. The number of benzene rings is 2. The van der Waals surface area contributed by atoms with Crippen molar-refractivity contribution in [2.75, 3.05) is 37.3 Å². The Hall–Kier alpha value is -2.66. The quantitative estimate of drug-likeness (QED) is 0.708. The molecule has 1 saturated heterocycles. The molecule has 0 bridgehead atoms. The van der Waals surface area contributed by atoms with Gasteiger partial charge in [-0.3, -0.25) is 0 Å². The van der Waals surface area contributed by atoms with Crippen LogP contribution in [-0.4, -0.2) is 31.7 Å². The minimum Gasteiger partial charge on any atom is -0.384 e. The zero-order valence-electron chi connectivity index (χ0n) is 16.5. The molecule has 146 valence electrons. The zero-order valence-corrected chi connectivity index (χ0v) is 16.5. The standard InChI is InChI=1S/C23H27FN4/c1-15-5-3-7-20(24)23(15)17-9-18-13-27-22(25)11-19(18)21(10-17)28-8-4-6-16(14-28)12-26-2/h3,5,7,9-11,13,16,26H,4,6,8,12,14H2,1-2H3,(H2,25,27). The minimum atomic E-state index is -0.194. The molecule has 1 aliphatic rings. The lowest BCUT2D eigenvalue weighted by Gasteiger charge is -2.35. The highest BCUT2D eigenvalue weighted by atomic mass is 19.1. The van der Waals surface area contributed by atoms with Crippen molar-refractivity contribution in [3.8, 4) is 11.1 Å². The van der Waals surface area contributed by atoms with Crippen LogP contribution in [0.5, 0.6) is 0 Å². The molecule has 2 heterocycles. The molecule has 1 unspecified atom stereocenters. The number of nitrogens with one attached hydrogen (secondary N) is 1. The summed E-state index contributed by atoms with van der Waals surface area (Å²) in [5, 5.41) is 5.37. The van der Waals surface area contributed by atoms with E-state index in [-0.39, 0.29) is 5.82 Å². The van der Waals surface area contributed by atoms with Crippen molar-refractivity contribution in [3.05, 3.63) is 54.0 Å². The van der Waals surface area contributed by atoms with E-state index in [0.717, 1.165) is 53.6 Å². The van der Waals surface area contributed by atoms with Gasteiger partial charge in [0.25, 0.3) is 0 Å². The molecule has 3 aromatic rings. The van der Waals surface area contributed by atoms with Gasteiger partial charge in [-0.25, -0.2) is 9.37 Å². The molecule has 0 aliphatic carbocycles. The molecule has 4 nitrogen and oxygen atoms in total. The van der Waals surface area contributed by atoms with Crippen molar-refractivity contribution in [2.45, 2.75) is 19.8 Å². The molecule has 1 fully saturated rings. The third-order valence-electron chi connectivity index (χ3n) is 5.70. The fraction of sp³-hybridized carbons (Fsp3) is 0.348. The molecular formula is C23H27FN4. The molecule has 0 saturated carbocycles. The Bertz CT molecular complexity index is 979. The molecule has 5 heteroatoms. The van der Waals surface area contributed by atoms with Gasteiger partial charge >= 0.3 is 0 Å². The Balaban J connectivity index is 1.87. The smallest absolute Gasteiger partial charge is 0.131 e. The number of rotatable bonds is 4. The number of anilines is 2. The number of nitrogens with zero attached hydrogens (tertiary/aromatic N) is 2. The topological polar surface area (TPSA) is 54.2 Å². The molecule has 4 rings (SSSR count).